The van der Waals surface area contributed by atoms with Crippen LogP contribution in [0.15, 0.2) is 36.4 Å². The molecule has 0 spiro atoms. The average molecular weight is 423 g/mol. The largest absolute Gasteiger partial charge is 0.494 e. The minimum Gasteiger partial charge on any atom is -0.494 e. The molecule has 0 fully saturated rings. The van der Waals surface area contributed by atoms with Crippen LogP contribution in [-0.2, 0) is 6.42 Å². The van der Waals surface area contributed by atoms with Crippen LogP contribution in [0.4, 0.5) is 5.82 Å². The zero-order chi connectivity index (χ0) is 19.0. The molecule has 3 aromatic rings. The fraction of sp³-hybridized carbons (Fsp3) is 0.250. The van der Waals surface area contributed by atoms with Crippen LogP contribution >= 0.6 is 34.8 Å². The van der Waals surface area contributed by atoms with E-state index in [1.807, 2.05) is 22.9 Å². The van der Waals surface area contributed by atoms with Crippen molar-refractivity contribution in [3.63, 3.8) is 0 Å². The molecule has 1 aliphatic heterocycles. The lowest BCUT2D eigenvalue weighted by Gasteiger charge is -2.13. The van der Waals surface area contributed by atoms with E-state index >= 15 is 0 Å². The first kappa shape index (κ1) is 18.5. The summed E-state index contributed by atoms with van der Waals surface area (Å²) in [6, 6.07) is 10.9. The predicted octanol–water partition coefficient (Wildman–Crippen LogP) is 6.26. The Morgan fingerprint density at radius 2 is 1.81 bits per heavy atom. The first-order valence-corrected chi connectivity index (χ1v) is 9.87. The molecule has 1 N–H and O–H groups in total. The lowest BCUT2D eigenvalue weighted by molar-refractivity contribution is 0.412. The number of hydrogen-bond donors (Lipinski definition) is 1. The predicted molar refractivity (Wildman–Crippen MR) is 112 cm³/mol. The summed E-state index contributed by atoms with van der Waals surface area (Å²) < 4.78 is 7.40. The number of methoxy groups -OCH3 is 1. The van der Waals surface area contributed by atoms with Gasteiger partial charge in [-0.05, 0) is 55.7 Å². The third-order valence-electron chi connectivity index (χ3n) is 4.68. The van der Waals surface area contributed by atoms with Crippen molar-refractivity contribution in [1.29, 1.82) is 0 Å². The number of halogens is 3. The number of aromatic nitrogens is 2. The van der Waals surface area contributed by atoms with Gasteiger partial charge in [-0.3, -0.25) is 0 Å². The summed E-state index contributed by atoms with van der Waals surface area (Å²) in [7, 11) is 1.64. The molecule has 0 saturated carbocycles. The number of ether oxygens (including phenoxy) is 1. The second-order valence-corrected chi connectivity index (χ2v) is 7.69. The summed E-state index contributed by atoms with van der Waals surface area (Å²) in [5, 5.41) is 10.3. The molecule has 0 bridgehead atoms. The maximum absolute atomic E-state index is 6.48. The molecule has 4 rings (SSSR count). The van der Waals surface area contributed by atoms with Crippen LogP contribution in [0.2, 0.25) is 15.1 Å². The van der Waals surface area contributed by atoms with Gasteiger partial charge in [0.15, 0.2) is 0 Å². The maximum Gasteiger partial charge on any atom is 0.144 e. The zero-order valence-corrected chi connectivity index (χ0v) is 17.0. The topological polar surface area (TPSA) is 39.1 Å². The van der Waals surface area contributed by atoms with Crippen LogP contribution in [-0.4, -0.2) is 23.4 Å². The molecule has 0 amide bonds. The number of rotatable bonds is 3. The normalized spacial score (nSPS) is 13.6. The molecule has 1 aliphatic rings. The molecule has 0 saturated heterocycles. The van der Waals surface area contributed by atoms with E-state index in [9.17, 15) is 0 Å². The summed E-state index contributed by atoms with van der Waals surface area (Å²) in [6.07, 6.45) is 3.07. The molecule has 0 unspecified atom stereocenters. The summed E-state index contributed by atoms with van der Waals surface area (Å²) in [4.78, 5) is 0. The molecule has 7 heteroatoms. The van der Waals surface area contributed by atoms with Crippen molar-refractivity contribution < 1.29 is 4.74 Å². The second kappa shape index (κ2) is 7.63. The third kappa shape index (κ3) is 3.49. The Bertz CT molecular complexity index is 1000. The minimum atomic E-state index is 0.617. The standard InChI is InChI=1S/C20H18Cl3N3O/c1-27-18-8-6-13(22)11-17(18)26-20-14(4-2-3-9-24-20)19(25-26)15-10-12(21)5-7-16(15)23/h5-8,10-11,24H,2-4,9H2,1H3. The van der Waals surface area contributed by atoms with E-state index in [0.717, 1.165) is 54.1 Å². The Kier molecular flexibility index (Phi) is 5.22. The van der Waals surface area contributed by atoms with Gasteiger partial charge in [0.1, 0.15) is 17.3 Å². The number of fused-ring (bicyclic) bond motifs is 1. The molecular weight excluding hydrogens is 405 g/mol. The van der Waals surface area contributed by atoms with Crippen LogP contribution in [0.25, 0.3) is 16.9 Å². The molecule has 27 heavy (non-hydrogen) atoms. The highest BCUT2D eigenvalue weighted by Crippen LogP contribution is 2.39. The maximum atomic E-state index is 6.48. The highest BCUT2D eigenvalue weighted by molar-refractivity contribution is 6.35. The fourth-order valence-electron chi connectivity index (χ4n) is 3.40. The zero-order valence-electron chi connectivity index (χ0n) is 14.7. The van der Waals surface area contributed by atoms with E-state index in [0.29, 0.717) is 20.8 Å². The quantitative estimate of drug-likeness (QED) is 0.541. The van der Waals surface area contributed by atoms with Crippen molar-refractivity contribution in [2.45, 2.75) is 19.3 Å². The molecule has 2 aromatic carbocycles. The van der Waals surface area contributed by atoms with E-state index in [2.05, 4.69) is 5.32 Å². The van der Waals surface area contributed by atoms with Crippen LogP contribution in [0.1, 0.15) is 18.4 Å². The van der Waals surface area contributed by atoms with Crippen molar-refractivity contribution in [2.24, 2.45) is 0 Å². The number of benzene rings is 2. The molecule has 2 heterocycles. The van der Waals surface area contributed by atoms with Crippen molar-refractivity contribution >= 4 is 40.6 Å². The average Bonchev–Trinajstić information content (AvgIpc) is 2.84. The summed E-state index contributed by atoms with van der Waals surface area (Å²) in [5.74, 6) is 1.64. The van der Waals surface area contributed by atoms with Gasteiger partial charge in [0.05, 0.1) is 17.8 Å². The lowest BCUT2D eigenvalue weighted by atomic mass is 10.0. The van der Waals surface area contributed by atoms with Crippen molar-refractivity contribution in [3.8, 4) is 22.7 Å². The van der Waals surface area contributed by atoms with E-state index in [4.69, 9.17) is 44.6 Å². The molecule has 0 atom stereocenters. The Labute approximate surface area is 173 Å². The molecule has 0 aliphatic carbocycles. The van der Waals surface area contributed by atoms with Gasteiger partial charge in [0, 0.05) is 27.7 Å². The molecule has 4 nitrogen and oxygen atoms in total. The summed E-state index contributed by atoms with van der Waals surface area (Å²) in [6.45, 7) is 0.879. The molecule has 140 valence electrons. The van der Waals surface area contributed by atoms with Crippen LogP contribution in [0, 0.1) is 0 Å². The van der Waals surface area contributed by atoms with E-state index in [1.54, 1.807) is 25.3 Å². The van der Waals surface area contributed by atoms with Gasteiger partial charge in [0.25, 0.3) is 0 Å². The Morgan fingerprint density at radius 3 is 2.63 bits per heavy atom. The SMILES string of the molecule is COc1ccc(Cl)cc1-n1nc(-c2cc(Cl)ccc2Cl)c2c1NCCCC2. The summed E-state index contributed by atoms with van der Waals surface area (Å²) in [5.41, 5.74) is 3.55. The van der Waals surface area contributed by atoms with Gasteiger partial charge in [-0.15, -0.1) is 0 Å². The molecular formula is C20H18Cl3N3O. The Balaban J connectivity index is 1.98. The van der Waals surface area contributed by atoms with Gasteiger partial charge in [-0.2, -0.15) is 5.10 Å². The smallest absolute Gasteiger partial charge is 0.144 e. The van der Waals surface area contributed by atoms with Crippen molar-refractivity contribution in [1.82, 2.24) is 9.78 Å². The van der Waals surface area contributed by atoms with Crippen molar-refractivity contribution in [3.05, 3.63) is 57.0 Å². The highest BCUT2D eigenvalue weighted by Gasteiger charge is 2.24. The first-order valence-electron chi connectivity index (χ1n) is 8.73. The van der Waals surface area contributed by atoms with Crippen LogP contribution < -0.4 is 10.1 Å². The van der Waals surface area contributed by atoms with Gasteiger partial charge in [-0.25, -0.2) is 4.68 Å². The van der Waals surface area contributed by atoms with Crippen LogP contribution in [0.3, 0.4) is 0 Å². The molecule has 0 radical (unpaired) electrons. The summed E-state index contributed by atoms with van der Waals surface area (Å²) >= 11 is 19.0. The second-order valence-electron chi connectivity index (χ2n) is 6.41. The monoisotopic (exact) mass is 421 g/mol. The fourth-order valence-corrected chi connectivity index (χ4v) is 3.95. The van der Waals surface area contributed by atoms with E-state index < -0.39 is 0 Å². The molecule has 1 aromatic heterocycles. The van der Waals surface area contributed by atoms with Gasteiger partial charge in [0.2, 0.25) is 0 Å². The van der Waals surface area contributed by atoms with Crippen molar-refractivity contribution in [2.75, 3.05) is 19.0 Å². The van der Waals surface area contributed by atoms with Gasteiger partial charge in [-0.1, -0.05) is 34.8 Å². The lowest BCUT2D eigenvalue weighted by Crippen LogP contribution is -2.08. The van der Waals surface area contributed by atoms with Crippen LogP contribution in [0.5, 0.6) is 5.75 Å². The number of nitrogens with one attached hydrogen (secondary N) is 1. The van der Waals surface area contributed by atoms with Gasteiger partial charge < -0.3 is 10.1 Å². The third-order valence-corrected chi connectivity index (χ3v) is 5.48. The van der Waals surface area contributed by atoms with Gasteiger partial charge >= 0.3 is 0 Å². The number of nitrogens with zero attached hydrogens (tertiary/aromatic N) is 2. The van der Waals surface area contributed by atoms with E-state index in [1.165, 1.54) is 0 Å². The minimum absolute atomic E-state index is 0.617. The number of hydrogen-bond acceptors (Lipinski definition) is 3. The first-order chi connectivity index (χ1) is 13.1. The number of anilines is 1. The Hall–Kier alpha value is -1.88. The highest BCUT2D eigenvalue weighted by atomic mass is 35.5. The Morgan fingerprint density at radius 1 is 1.04 bits per heavy atom. The van der Waals surface area contributed by atoms with E-state index in [-0.39, 0.29) is 0 Å².